The average molecular weight is 515 g/mol. The zero-order chi connectivity index (χ0) is 27.6. The van der Waals surface area contributed by atoms with E-state index < -0.39 is 12.1 Å². The summed E-state index contributed by atoms with van der Waals surface area (Å²) in [6.45, 7) is 17.4. The van der Waals surface area contributed by atoms with Crippen molar-refractivity contribution >= 4 is 11.9 Å². The van der Waals surface area contributed by atoms with Crippen molar-refractivity contribution in [3.8, 4) is 0 Å². The molecule has 0 aliphatic heterocycles. The van der Waals surface area contributed by atoms with Gasteiger partial charge in [-0.3, -0.25) is 4.79 Å². The van der Waals surface area contributed by atoms with Gasteiger partial charge in [0, 0.05) is 17.9 Å². The van der Waals surface area contributed by atoms with E-state index in [1.807, 2.05) is 6.08 Å². The maximum absolute atomic E-state index is 11.8. The van der Waals surface area contributed by atoms with Gasteiger partial charge in [0.05, 0.1) is 6.10 Å². The van der Waals surface area contributed by atoms with Gasteiger partial charge in [-0.1, -0.05) is 53.2 Å². The van der Waals surface area contributed by atoms with Crippen LogP contribution in [0.2, 0.25) is 0 Å². The van der Waals surface area contributed by atoms with E-state index in [0.29, 0.717) is 17.4 Å². The third kappa shape index (κ3) is 4.32. The summed E-state index contributed by atoms with van der Waals surface area (Å²) in [6, 6.07) is 0. The van der Waals surface area contributed by atoms with Gasteiger partial charge in [-0.25, -0.2) is 4.79 Å². The Balaban J connectivity index is 1.64. The third-order valence-electron chi connectivity index (χ3n) is 12.2. The summed E-state index contributed by atoms with van der Waals surface area (Å²) in [5.74, 6) is 0.315. The molecule has 0 spiro atoms. The Kier molecular flexibility index (Phi) is 7.32. The molecule has 4 rings (SSSR count). The predicted molar refractivity (Wildman–Crippen MR) is 146 cm³/mol. The quantitative estimate of drug-likeness (QED) is 0.225. The number of ether oxygens (including phenoxy) is 1. The van der Waals surface area contributed by atoms with Crippen LogP contribution in [0.5, 0.6) is 0 Å². The lowest BCUT2D eigenvalue weighted by Gasteiger charge is -2.63. The number of carbonyl (C=O) groups excluding carboxylic acids is 1. The molecule has 0 aromatic rings. The fourth-order valence-electron chi connectivity index (χ4n) is 9.84. The van der Waals surface area contributed by atoms with Crippen molar-refractivity contribution in [2.45, 2.75) is 125 Å². The fraction of sp³-hybridized carbons (Fsp3) is 0.812. The monoisotopic (exact) mass is 514 g/mol. The second-order valence-corrected chi connectivity index (χ2v) is 14.2. The molecule has 5 nitrogen and oxygen atoms in total. The van der Waals surface area contributed by atoms with Crippen LogP contribution in [-0.2, 0) is 14.3 Å². The molecule has 37 heavy (non-hydrogen) atoms. The molecule has 0 saturated heterocycles. The number of aliphatic hydroxyl groups excluding tert-OH is 1. The summed E-state index contributed by atoms with van der Waals surface area (Å²) in [7, 11) is 0. The van der Waals surface area contributed by atoms with Gasteiger partial charge in [0.1, 0.15) is 6.10 Å². The van der Waals surface area contributed by atoms with Crippen LogP contribution in [-0.4, -0.2) is 34.4 Å². The van der Waals surface area contributed by atoms with Crippen molar-refractivity contribution in [3.63, 3.8) is 0 Å². The fourth-order valence-corrected chi connectivity index (χ4v) is 9.84. The van der Waals surface area contributed by atoms with Gasteiger partial charge in [0.2, 0.25) is 0 Å². The molecule has 0 amide bonds. The van der Waals surface area contributed by atoms with Crippen LogP contribution in [0.25, 0.3) is 0 Å². The van der Waals surface area contributed by atoms with E-state index in [4.69, 9.17) is 4.74 Å². The van der Waals surface area contributed by atoms with Crippen LogP contribution in [0.15, 0.2) is 22.8 Å². The van der Waals surface area contributed by atoms with E-state index in [9.17, 15) is 19.8 Å². The normalized spacial score (nSPS) is 41.9. The number of carboxylic acids is 1. The van der Waals surface area contributed by atoms with Gasteiger partial charge < -0.3 is 14.9 Å². The Labute approximate surface area is 224 Å². The molecule has 8 atom stereocenters. The Morgan fingerprint density at radius 3 is 2.38 bits per heavy atom. The Morgan fingerprint density at radius 2 is 1.76 bits per heavy atom. The number of esters is 1. The molecule has 2 saturated carbocycles. The molecular formula is C32H50O5. The lowest BCUT2D eigenvalue weighted by atomic mass is 9.42. The van der Waals surface area contributed by atoms with Crippen LogP contribution in [0.1, 0.15) is 113 Å². The molecule has 0 unspecified atom stereocenters. The minimum absolute atomic E-state index is 0.0173. The first-order valence-electron chi connectivity index (χ1n) is 14.6. The number of carboxylic acid groups (broad SMARTS) is 1. The zero-order valence-corrected chi connectivity index (χ0v) is 24.4. The molecule has 0 bridgehead atoms. The van der Waals surface area contributed by atoms with Crippen molar-refractivity contribution < 1.29 is 24.5 Å². The van der Waals surface area contributed by atoms with Gasteiger partial charge >= 0.3 is 11.9 Å². The Bertz CT molecular complexity index is 1010. The van der Waals surface area contributed by atoms with Crippen LogP contribution in [0.4, 0.5) is 0 Å². The summed E-state index contributed by atoms with van der Waals surface area (Å²) >= 11 is 0. The highest BCUT2D eigenvalue weighted by atomic mass is 16.5. The van der Waals surface area contributed by atoms with Crippen molar-refractivity contribution in [1.29, 1.82) is 0 Å². The lowest BCUT2D eigenvalue weighted by molar-refractivity contribution is -0.169. The largest absolute Gasteiger partial charge is 0.478 e. The molecule has 0 aromatic carbocycles. The van der Waals surface area contributed by atoms with E-state index in [0.717, 1.165) is 51.4 Å². The molecule has 0 aromatic heterocycles. The Morgan fingerprint density at radius 1 is 1.08 bits per heavy atom. The van der Waals surface area contributed by atoms with E-state index >= 15 is 0 Å². The molecule has 2 fully saturated rings. The van der Waals surface area contributed by atoms with Crippen molar-refractivity contribution in [1.82, 2.24) is 0 Å². The van der Waals surface area contributed by atoms with E-state index in [-0.39, 0.29) is 39.7 Å². The summed E-state index contributed by atoms with van der Waals surface area (Å²) in [5.41, 5.74) is 3.25. The van der Waals surface area contributed by atoms with Gasteiger partial charge in [0.25, 0.3) is 0 Å². The summed E-state index contributed by atoms with van der Waals surface area (Å²) in [4.78, 5) is 23.0. The number of allylic oxidation sites excluding steroid dienone is 2. The first kappa shape index (κ1) is 28.4. The topological polar surface area (TPSA) is 83.8 Å². The van der Waals surface area contributed by atoms with Gasteiger partial charge in [-0.05, 0) is 104 Å². The SMILES string of the molecule is CC(=O)O[C@H]1CC[C@]2(C)C3=C([C@H](O)C[C@H]2C1(C)C)[C@]1(C)CC[C@H]([C@H](C)CC/C=C(\C)C(=O)O)[C@@]1(C)CC3. The smallest absolute Gasteiger partial charge is 0.330 e. The van der Waals surface area contributed by atoms with Crippen LogP contribution >= 0.6 is 0 Å². The molecular weight excluding hydrogens is 464 g/mol. The number of aliphatic hydroxyl groups is 1. The van der Waals surface area contributed by atoms with Crippen molar-refractivity contribution in [2.24, 2.45) is 39.4 Å². The second-order valence-electron chi connectivity index (χ2n) is 14.2. The maximum atomic E-state index is 11.8. The third-order valence-corrected chi connectivity index (χ3v) is 12.2. The number of hydrogen-bond acceptors (Lipinski definition) is 4. The maximum Gasteiger partial charge on any atom is 0.330 e. The first-order chi connectivity index (χ1) is 17.1. The molecule has 0 heterocycles. The highest BCUT2D eigenvalue weighted by Gasteiger charge is 2.65. The second kappa shape index (κ2) is 9.54. The van der Waals surface area contributed by atoms with E-state index in [1.165, 1.54) is 24.5 Å². The van der Waals surface area contributed by atoms with Crippen molar-refractivity contribution in [3.05, 3.63) is 22.8 Å². The highest BCUT2D eigenvalue weighted by molar-refractivity contribution is 5.85. The van der Waals surface area contributed by atoms with Crippen LogP contribution in [0, 0.1) is 39.4 Å². The minimum atomic E-state index is -0.831. The molecule has 208 valence electrons. The lowest BCUT2D eigenvalue weighted by Crippen LogP contribution is -2.58. The number of rotatable bonds is 6. The van der Waals surface area contributed by atoms with Crippen molar-refractivity contribution in [2.75, 3.05) is 0 Å². The number of hydrogen-bond donors (Lipinski definition) is 2. The summed E-state index contributed by atoms with van der Waals surface area (Å²) in [5, 5.41) is 21.0. The minimum Gasteiger partial charge on any atom is -0.478 e. The molecule has 4 aliphatic rings. The molecule has 0 radical (unpaired) electrons. The number of fused-ring (bicyclic) bond motifs is 4. The number of carbonyl (C=O) groups is 2. The number of aliphatic carboxylic acids is 1. The van der Waals surface area contributed by atoms with Gasteiger partial charge in [0.15, 0.2) is 0 Å². The van der Waals surface area contributed by atoms with Crippen LogP contribution in [0.3, 0.4) is 0 Å². The molecule has 2 N–H and O–H groups in total. The van der Waals surface area contributed by atoms with Crippen LogP contribution < -0.4 is 0 Å². The van der Waals surface area contributed by atoms with Gasteiger partial charge in [-0.15, -0.1) is 0 Å². The van der Waals surface area contributed by atoms with E-state index in [2.05, 4.69) is 41.5 Å². The highest BCUT2D eigenvalue weighted by Crippen LogP contribution is 2.72. The summed E-state index contributed by atoms with van der Waals surface area (Å²) < 4.78 is 5.80. The summed E-state index contributed by atoms with van der Waals surface area (Å²) in [6.07, 6.45) is 10.2. The molecule has 4 aliphatic carbocycles. The van der Waals surface area contributed by atoms with E-state index in [1.54, 1.807) is 6.92 Å². The predicted octanol–water partition coefficient (Wildman–Crippen LogP) is 7.09. The first-order valence-corrected chi connectivity index (χ1v) is 14.6. The van der Waals surface area contributed by atoms with Gasteiger partial charge in [-0.2, -0.15) is 0 Å². The Hall–Kier alpha value is -1.62. The average Bonchev–Trinajstić information content (AvgIpc) is 3.08. The zero-order valence-electron chi connectivity index (χ0n) is 24.4. The standard InChI is InChI=1S/C32H50O5/c1-19(10-9-11-20(2)28(35)36)22-12-17-32(8)27-23(13-16-31(22,32)7)30(6)15-14-26(37-21(3)33)29(4,5)25(30)18-24(27)34/h11,19,22,24-26,34H,9-10,12-18H2,1-8H3,(H,35,36)/b20-11+/t19-,22-,24-,25+,26+,30-,31-,32+/m1/s1. The molecule has 5 heteroatoms.